The lowest BCUT2D eigenvalue weighted by Crippen LogP contribution is -2.46. The third-order valence-electron chi connectivity index (χ3n) is 4.21. The minimum atomic E-state index is -0.380. The molecule has 0 aliphatic carbocycles. The smallest absolute Gasteiger partial charge is 0.322 e. The van der Waals surface area contributed by atoms with Gasteiger partial charge in [0.1, 0.15) is 6.04 Å². The number of likely N-dealkylation sites (tertiary alicyclic amines) is 1. The number of nitrogens with one attached hydrogen (secondary N) is 2. The molecule has 6 nitrogen and oxygen atoms in total. The molecule has 0 spiro atoms. The Balaban J connectivity index is 1.76. The van der Waals surface area contributed by atoms with Gasteiger partial charge in [-0.25, -0.2) is 9.78 Å². The Morgan fingerprint density at radius 1 is 1.38 bits per heavy atom. The van der Waals surface area contributed by atoms with Crippen LogP contribution in [0.2, 0.25) is 0 Å². The highest BCUT2D eigenvalue weighted by atomic mass is 32.1. The number of likely N-dealkylation sites (N-methyl/N-ethyl adjacent to an activating group) is 1. The van der Waals surface area contributed by atoms with E-state index in [4.69, 9.17) is 0 Å². The van der Waals surface area contributed by atoms with Crippen molar-refractivity contribution in [3.8, 4) is 0 Å². The number of thiazole rings is 1. The van der Waals surface area contributed by atoms with E-state index in [0.29, 0.717) is 18.9 Å². The van der Waals surface area contributed by atoms with Crippen molar-refractivity contribution in [1.29, 1.82) is 0 Å². The van der Waals surface area contributed by atoms with Crippen LogP contribution in [-0.2, 0) is 4.79 Å². The monoisotopic (exact) mass is 346 g/mol. The van der Waals surface area contributed by atoms with Crippen molar-refractivity contribution in [3.05, 3.63) is 23.2 Å². The molecule has 2 N–H and O–H groups in total. The maximum absolute atomic E-state index is 12.5. The number of carbonyl (C=O) groups excluding carboxylic acids is 2. The SMILES string of the molecule is CNC(=O)[C@@H]1CCCN1C(=O)Nc1ccc2nc(C(C)C)sc2c1. The van der Waals surface area contributed by atoms with Crippen molar-refractivity contribution < 1.29 is 9.59 Å². The van der Waals surface area contributed by atoms with Crippen LogP contribution < -0.4 is 10.6 Å². The molecule has 0 saturated carbocycles. The molecule has 0 bridgehead atoms. The number of hydrogen-bond donors (Lipinski definition) is 2. The van der Waals surface area contributed by atoms with E-state index in [2.05, 4.69) is 29.5 Å². The summed E-state index contributed by atoms with van der Waals surface area (Å²) >= 11 is 1.65. The average Bonchev–Trinajstić information content (AvgIpc) is 3.20. The molecule has 1 fully saturated rings. The minimum Gasteiger partial charge on any atom is -0.357 e. The van der Waals surface area contributed by atoms with Crippen molar-refractivity contribution in [2.75, 3.05) is 18.9 Å². The van der Waals surface area contributed by atoms with Crippen LogP contribution in [0.15, 0.2) is 18.2 Å². The molecular weight excluding hydrogens is 324 g/mol. The Hall–Kier alpha value is -2.15. The maximum Gasteiger partial charge on any atom is 0.322 e. The molecule has 1 aromatic heterocycles. The zero-order valence-electron chi connectivity index (χ0n) is 14.1. The molecule has 3 rings (SSSR count). The Morgan fingerprint density at radius 3 is 2.88 bits per heavy atom. The second-order valence-electron chi connectivity index (χ2n) is 6.29. The number of benzene rings is 1. The minimum absolute atomic E-state index is 0.109. The molecule has 1 aliphatic heterocycles. The van der Waals surface area contributed by atoms with Crippen molar-refractivity contribution >= 4 is 39.2 Å². The summed E-state index contributed by atoms with van der Waals surface area (Å²) in [4.78, 5) is 30.6. The lowest BCUT2D eigenvalue weighted by molar-refractivity contribution is -0.124. The highest BCUT2D eigenvalue weighted by Gasteiger charge is 2.33. The first kappa shape index (κ1) is 16.7. The lowest BCUT2D eigenvalue weighted by atomic mass is 10.2. The standard InChI is InChI=1S/C17H22N4O2S/c1-10(2)16-20-12-7-6-11(9-14(12)24-16)19-17(23)21-8-4-5-13(21)15(22)18-3/h6-7,9-10,13H,4-5,8H2,1-3H3,(H,18,22)(H,19,23)/t13-/m0/s1. The average molecular weight is 346 g/mol. The molecule has 1 saturated heterocycles. The lowest BCUT2D eigenvalue weighted by Gasteiger charge is -2.23. The first-order valence-electron chi connectivity index (χ1n) is 8.19. The van der Waals surface area contributed by atoms with Crippen molar-refractivity contribution in [2.45, 2.75) is 38.6 Å². The normalized spacial score (nSPS) is 17.5. The summed E-state index contributed by atoms with van der Waals surface area (Å²) < 4.78 is 1.06. The molecule has 128 valence electrons. The van der Waals surface area contributed by atoms with E-state index in [0.717, 1.165) is 27.3 Å². The number of aromatic nitrogens is 1. The summed E-state index contributed by atoms with van der Waals surface area (Å²) in [7, 11) is 1.60. The van der Waals surface area contributed by atoms with Gasteiger partial charge in [0.05, 0.1) is 15.2 Å². The van der Waals surface area contributed by atoms with Gasteiger partial charge in [0, 0.05) is 25.2 Å². The van der Waals surface area contributed by atoms with E-state index >= 15 is 0 Å². The molecule has 1 aliphatic rings. The van der Waals surface area contributed by atoms with Crippen LogP contribution in [0.4, 0.5) is 10.5 Å². The number of rotatable bonds is 3. The van der Waals surface area contributed by atoms with Gasteiger partial charge >= 0.3 is 6.03 Å². The number of amides is 3. The molecular formula is C17H22N4O2S. The third-order valence-corrected chi connectivity index (χ3v) is 5.53. The molecule has 2 aromatic rings. The van der Waals surface area contributed by atoms with Crippen LogP contribution in [0.25, 0.3) is 10.2 Å². The molecule has 7 heteroatoms. The van der Waals surface area contributed by atoms with Crippen molar-refractivity contribution in [1.82, 2.24) is 15.2 Å². The van der Waals surface area contributed by atoms with Crippen molar-refractivity contribution in [3.63, 3.8) is 0 Å². The summed E-state index contributed by atoms with van der Waals surface area (Å²) in [5.74, 6) is 0.278. The molecule has 1 atom stereocenters. The fraction of sp³-hybridized carbons (Fsp3) is 0.471. The van der Waals surface area contributed by atoms with Gasteiger partial charge < -0.3 is 15.5 Å². The van der Waals surface area contributed by atoms with Gasteiger partial charge in [0.2, 0.25) is 5.91 Å². The van der Waals surface area contributed by atoms with Gasteiger partial charge in [0.15, 0.2) is 0 Å². The number of nitrogens with zero attached hydrogens (tertiary/aromatic N) is 2. The first-order valence-corrected chi connectivity index (χ1v) is 9.01. The fourth-order valence-electron chi connectivity index (χ4n) is 2.91. The summed E-state index contributed by atoms with van der Waals surface area (Å²) in [5.41, 5.74) is 1.68. The van der Waals surface area contributed by atoms with E-state index < -0.39 is 0 Å². The molecule has 0 radical (unpaired) electrons. The largest absolute Gasteiger partial charge is 0.357 e. The molecule has 24 heavy (non-hydrogen) atoms. The number of fused-ring (bicyclic) bond motifs is 1. The zero-order valence-corrected chi connectivity index (χ0v) is 14.9. The van der Waals surface area contributed by atoms with Gasteiger partial charge in [0.25, 0.3) is 0 Å². The fourth-order valence-corrected chi connectivity index (χ4v) is 3.92. The summed E-state index contributed by atoms with van der Waals surface area (Å²) in [6.07, 6.45) is 1.55. The van der Waals surface area contributed by atoms with E-state index in [-0.39, 0.29) is 18.0 Å². The van der Waals surface area contributed by atoms with Crippen LogP contribution in [0, 0.1) is 0 Å². The quantitative estimate of drug-likeness (QED) is 0.896. The maximum atomic E-state index is 12.5. The van der Waals surface area contributed by atoms with Crippen LogP contribution in [-0.4, -0.2) is 41.5 Å². The highest BCUT2D eigenvalue weighted by molar-refractivity contribution is 7.18. The number of anilines is 1. The molecule has 2 heterocycles. The first-order chi connectivity index (χ1) is 11.5. The highest BCUT2D eigenvalue weighted by Crippen LogP contribution is 2.29. The van der Waals surface area contributed by atoms with E-state index in [9.17, 15) is 9.59 Å². The van der Waals surface area contributed by atoms with Crippen LogP contribution >= 0.6 is 11.3 Å². The van der Waals surface area contributed by atoms with Gasteiger partial charge in [-0.15, -0.1) is 11.3 Å². The van der Waals surface area contributed by atoms with Gasteiger partial charge in [-0.05, 0) is 31.0 Å². The van der Waals surface area contributed by atoms with Gasteiger partial charge in [-0.3, -0.25) is 4.79 Å². The predicted octanol–water partition coefficient (Wildman–Crippen LogP) is 3.16. The molecule has 0 unspecified atom stereocenters. The predicted molar refractivity (Wildman–Crippen MR) is 96.5 cm³/mol. The summed E-state index contributed by atoms with van der Waals surface area (Å²) in [6, 6.07) is 5.12. The van der Waals surface area contributed by atoms with Crippen LogP contribution in [0.3, 0.4) is 0 Å². The Bertz CT molecular complexity index is 771. The van der Waals surface area contributed by atoms with E-state index in [1.165, 1.54) is 0 Å². The Morgan fingerprint density at radius 2 is 2.17 bits per heavy atom. The number of carbonyl (C=O) groups is 2. The second-order valence-corrected chi connectivity index (χ2v) is 7.35. The number of hydrogen-bond acceptors (Lipinski definition) is 4. The van der Waals surface area contributed by atoms with Gasteiger partial charge in [-0.2, -0.15) is 0 Å². The topological polar surface area (TPSA) is 74.3 Å². The van der Waals surface area contributed by atoms with Gasteiger partial charge in [-0.1, -0.05) is 13.8 Å². The Kier molecular flexibility index (Phi) is 4.71. The number of urea groups is 1. The Labute approximate surface area is 145 Å². The molecule has 3 amide bonds. The van der Waals surface area contributed by atoms with Crippen LogP contribution in [0.5, 0.6) is 0 Å². The third kappa shape index (κ3) is 3.21. The summed E-state index contributed by atoms with van der Waals surface area (Å²) in [6.45, 7) is 4.84. The van der Waals surface area contributed by atoms with E-state index in [1.807, 2.05) is 18.2 Å². The summed E-state index contributed by atoms with van der Waals surface area (Å²) in [5, 5.41) is 6.63. The second kappa shape index (κ2) is 6.76. The molecule has 1 aromatic carbocycles. The van der Waals surface area contributed by atoms with Crippen LogP contribution in [0.1, 0.15) is 37.6 Å². The van der Waals surface area contributed by atoms with Crippen molar-refractivity contribution in [2.24, 2.45) is 0 Å². The van der Waals surface area contributed by atoms with E-state index in [1.54, 1.807) is 23.3 Å². The zero-order chi connectivity index (χ0) is 17.3.